The highest BCUT2D eigenvalue weighted by Gasteiger charge is 2.43. The lowest BCUT2D eigenvalue weighted by Gasteiger charge is -2.40. The zero-order chi connectivity index (χ0) is 16.7. The first-order valence-electron chi connectivity index (χ1n) is 8.40. The molecule has 2 aliphatic rings. The van der Waals surface area contributed by atoms with Gasteiger partial charge < -0.3 is 20.8 Å². The lowest BCUT2D eigenvalue weighted by molar-refractivity contribution is 0.199. The Hall–Kier alpha value is -2.38. The van der Waals surface area contributed by atoms with E-state index in [9.17, 15) is 4.79 Å². The lowest BCUT2D eigenvalue weighted by atomic mass is 9.70. The minimum Gasteiger partial charge on any atom is -0.412 e. The highest BCUT2D eigenvalue weighted by atomic mass is 16.6. The van der Waals surface area contributed by atoms with Crippen molar-refractivity contribution in [3.8, 4) is 5.88 Å². The van der Waals surface area contributed by atoms with Crippen molar-refractivity contribution < 1.29 is 15.0 Å². The number of imidazole rings is 1. The predicted molar refractivity (Wildman–Crippen MR) is 93.7 cm³/mol. The van der Waals surface area contributed by atoms with Gasteiger partial charge in [0.05, 0.1) is 11.6 Å². The van der Waals surface area contributed by atoms with E-state index < -0.39 is 6.09 Å². The molecule has 0 aliphatic carbocycles. The van der Waals surface area contributed by atoms with Crippen LogP contribution in [0.2, 0.25) is 0 Å². The second-order valence-electron chi connectivity index (χ2n) is 6.79. The molecule has 3 heterocycles. The summed E-state index contributed by atoms with van der Waals surface area (Å²) < 4.78 is 7.23. The van der Waals surface area contributed by atoms with Crippen LogP contribution in [0.4, 0.5) is 4.79 Å². The van der Waals surface area contributed by atoms with Gasteiger partial charge in [-0.05, 0) is 50.5 Å². The number of primary amides is 1. The van der Waals surface area contributed by atoms with Gasteiger partial charge in [0, 0.05) is 6.54 Å². The van der Waals surface area contributed by atoms with Crippen LogP contribution in [0.5, 0.6) is 5.88 Å². The minimum atomic E-state index is -0.795. The highest BCUT2D eigenvalue weighted by molar-refractivity contribution is 5.67. The zero-order valence-corrected chi connectivity index (χ0v) is 14.4. The monoisotopic (exact) mass is 344 g/mol. The van der Waals surface area contributed by atoms with Gasteiger partial charge in [-0.15, -0.1) is 0 Å². The standard InChI is InChI=1S/C18H22N4O2.H2O/c1-21-10-7-18(8-11-21)14-5-3-2-4-13(14)6-9-22-15(24-17(19)23)12-20-16(18)22;/h2-5,12H,6-11H2,1H3,(H2,19,23);1H2. The Labute approximate surface area is 146 Å². The van der Waals surface area contributed by atoms with Crippen molar-refractivity contribution in [1.82, 2.24) is 14.5 Å². The molecule has 2 aromatic rings. The van der Waals surface area contributed by atoms with E-state index in [1.807, 2.05) is 4.57 Å². The number of benzene rings is 1. The van der Waals surface area contributed by atoms with Crippen molar-refractivity contribution in [2.24, 2.45) is 5.73 Å². The van der Waals surface area contributed by atoms with Gasteiger partial charge in [-0.2, -0.15) is 0 Å². The number of hydrogen-bond acceptors (Lipinski definition) is 4. The van der Waals surface area contributed by atoms with Crippen LogP contribution in [0.15, 0.2) is 30.5 Å². The molecule has 1 spiro atoms. The lowest BCUT2D eigenvalue weighted by Crippen LogP contribution is -2.43. The van der Waals surface area contributed by atoms with Crippen LogP contribution in [0, 0.1) is 0 Å². The first-order chi connectivity index (χ1) is 11.6. The van der Waals surface area contributed by atoms with Crippen LogP contribution in [-0.2, 0) is 18.4 Å². The number of nitrogens with two attached hydrogens (primary N) is 1. The largest absolute Gasteiger partial charge is 0.412 e. The fourth-order valence-corrected chi connectivity index (χ4v) is 4.19. The van der Waals surface area contributed by atoms with Crippen LogP contribution < -0.4 is 10.5 Å². The third-order valence-electron chi connectivity index (χ3n) is 5.43. The molecule has 1 fully saturated rings. The van der Waals surface area contributed by atoms with E-state index in [-0.39, 0.29) is 10.9 Å². The molecule has 0 bridgehead atoms. The van der Waals surface area contributed by atoms with E-state index in [4.69, 9.17) is 10.5 Å². The number of ether oxygens (including phenoxy) is 1. The van der Waals surface area contributed by atoms with Crippen molar-refractivity contribution in [2.45, 2.75) is 31.2 Å². The summed E-state index contributed by atoms with van der Waals surface area (Å²) in [5.41, 5.74) is 7.82. The summed E-state index contributed by atoms with van der Waals surface area (Å²) in [4.78, 5) is 18.3. The Balaban J connectivity index is 0.00000182. The van der Waals surface area contributed by atoms with E-state index in [1.54, 1.807) is 6.20 Å². The fourth-order valence-electron chi connectivity index (χ4n) is 4.19. The van der Waals surface area contributed by atoms with Crippen molar-refractivity contribution in [3.05, 3.63) is 47.4 Å². The van der Waals surface area contributed by atoms with Crippen LogP contribution in [0.3, 0.4) is 0 Å². The molecule has 2 aliphatic heterocycles. The summed E-state index contributed by atoms with van der Waals surface area (Å²) in [6.07, 6.45) is 3.75. The van der Waals surface area contributed by atoms with Gasteiger partial charge in [-0.25, -0.2) is 9.78 Å². The van der Waals surface area contributed by atoms with Gasteiger partial charge >= 0.3 is 6.09 Å². The summed E-state index contributed by atoms with van der Waals surface area (Å²) in [5, 5.41) is 0. The molecule has 0 unspecified atom stereocenters. The Morgan fingerprint density at radius 3 is 2.68 bits per heavy atom. The number of fused-ring (bicyclic) bond motifs is 4. The van der Waals surface area contributed by atoms with Crippen LogP contribution in [-0.4, -0.2) is 46.2 Å². The second-order valence-corrected chi connectivity index (χ2v) is 6.79. The van der Waals surface area contributed by atoms with E-state index >= 15 is 0 Å². The molecule has 0 saturated carbocycles. The molecule has 25 heavy (non-hydrogen) atoms. The number of hydrogen-bond donors (Lipinski definition) is 1. The quantitative estimate of drug-likeness (QED) is 0.835. The molecule has 0 atom stereocenters. The molecule has 4 N–H and O–H groups in total. The maximum absolute atomic E-state index is 11.2. The Kier molecular flexibility index (Phi) is 4.53. The number of nitrogens with zero attached hydrogens (tertiary/aromatic N) is 3. The molecule has 134 valence electrons. The molecule has 7 nitrogen and oxygen atoms in total. The highest BCUT2D eigenvalue weighted by Crippen LogP contribution is 2.45. The van der Waals surface area contributed by atoms with Gasteiger partial charge in [0.2, 0.25) is 5.88 Å². The van der Waals surface area contributed by atoms with E-state index in [2.05, 4.69) is 41.2 Å². The maximum Gasteiger partial charge on any atom is 0.411 e. The Morgan fingerprint density at radius 2 is 1.96 bits per heavy atom. The third-order valence-corrected chi connectivity index (χ3v) is 5.43. The maximum atomic E-state index is 11.2. The molecule has 0 radical (unpaired) electrons. The second kappa shape index (κ2) is 6.50. The smallest absolute Gasteiger partial charge is 0.411 e. The normalized spacial score (nSPS) is 18.6. The number of rotatable bonds is 1. The average Bonchev–Trinajstić information content (AvgIpc) is 2.91. The molecule has 1 aromatic carbocycles. The molecule has 1 aromatic heterocycles. The van der Waals surface area contributed by atoms with Crippen molar-refractivity contribution >= 4 is 6.09 Å². The molecule has 4 rings (SSSR count). The van der Waals surface area contributed by atoms with Crippen molar-refractivity contribution in [3.63, 3.8) is 0 Å². The van der Waals surface area contributed by atoms with E-state index in [0.29, 0.717) is 5.88 Å². The number of carbonyl (C=O) groups excluding carboxylic acids is 1. The number of aryl methyl sites for hydroxylation is 1. The summed E-state index contributed by atoms with van der Waals surface area (Å²) in [7, 11) is 2.16. The SMILES string of the molecule is CN1CCC2(CC1)c1ccccc1CCn1c(OC(N)=O)cnc12.O. The molecule has 7 heteroatoms. The van der Waals surface area contributed by atoms with Crippen molar-refractivity contribution in [2.75, 3.05) is 20.1 Å². The Morgan fingerprint density at radius 1 is 1.24 bits per heavy atom. The van der Waals surface area contributed by atoms with Gasteiger partial charge in [0.15, 0.2) is 0 Å². The molecule has 1 saturated heterocycles. The summed E-state index contributed by atoms with van der Waals surface area (Å²) in [5.74, 6) is 1.44. The summed E-state index contributed by atoms with van der Waals surface area (Å²) >= 11 is 0. The first-order valence-corrected chi connectivity index (χ1v) is 8.40. The van der Waals surface area contributed by atoms with Gasteiger partial charge in [-0.1, -0.05) is 24.3 Å². The van der Waals surface area contributed by atoms with Crippen LogP contribution in [0.1, 0.15) is 29.8 Å². The predicted octanol–water partition coefficient (Wildman–Crippen LogP) is 1.08. The van der Waals surface area contributed by atoms with Crippen molar-refractivity contribution in [1.29, 1.82) is 0 Å². The number of aromatic nitrogens is 2. The number of amides is 1. The summed E-state index contributed by atoms with van der Waals surface area (Å²) in [6, 6.07) is 8.64. The number of carbonyl (C=O) groups is 1. The average molecular weight is 344 g/mol. The van der Waals surface area contributed by atoms with Crippen LogP contribution >= 0.6 is 0 Å². The fraction of sp³-hybridized carbons (Fsp3) is 0.444. The van der Waals surface area contributed by atoms with Crippen LogP contribution in [0.25, 0.3) is 0 Å². The topological polar surface area (TPSA) is 105 Å². The van der Waals surface area contributed by atoms with Gasteiger partial charge in [0.1, 0.15) is 5.82 Å². The van der Waals surface area contributed by atoms with Gasteiger partial charge in [-0.3, -0.25) is 4.57 Å². The number of likely N-dealkylation sites (tertiary alicyclic amines) is 1. The molecular weight excluding hydrogens is 320 g/mol. The molecular formula is C18H24N4O3. The van der Waals surface area contributed by atoms with E-state index in [0.717, 1.165) is 44.7 Å². The third kappa shape index (κ3) is 2.79. The Bertz CT molecular complexity index is 778. The first kappa shape index (κ1) is 17.4. The van der Waals surface area contributed by atoms with E-state index in [1.165, 1.54) is 11.1 Å². The number of piperidine rings is 1. The summed E-state index contributed by atoms with van der Waals surface area (Å²) in [6.45, 7) is 2.78. The van der Waals surface area contributed by atoms with Gasteiger partial charge in [0.25, 0.3) is 0 Å². The molecule has 1 amide bonds. The zero-order valence-electron chi connectivity index (χ0n) is 14.4. The minimum absolute atomic E-state index is 0.